The number of carboxylic acid groups (broad SMARTS) is 1. The third kappa shape index (κ3) is 5.35. The van der Waals surface area contributed by atoms with E-state index in [9.17, 15) is 15.0 Å². The Morgan fingerprint density at radius 3 is 2.07 bits per heavy atom. The molecule has 0 atom stereocenters. The van der Waals surface area contributed by atoms with Crippen LogP contribution in [0.15, 0.2) is 30.5 Å². The third-order valence-electron chi connectivity index (χ3n) is 4.63. The smallest absolute Gasteiger partial charge is 0.336 e. The first-order chi connectivity index (χ1) is 14.2. The summed E-state index contributed by atoms with van der Waals surface area (Å²) in [6, 6.07) is 6.70. The maximum absolute atomic E-state index is 11.8. The molecule has 160 valence electrons. The van der Waals surface area contributed by atoms with Gasteiger partial charge in [0.15, 0.2) is 0 Å². The van der Waals surface area contributed by atoms with Crippen LogP contribution in [0.3, 0.4) is 0 Å². The molecule has 2 aromatic rings. The van der Waals surface area contributed by atoms with Gasteiger partial charge in [0.05, 0.1) is 19.8 Å². The summed E-state index contributed by atoms with van der Waals surface area (Å²) in [5, 5.41) is 20.1. The Labute approximate surface area is 177 Å². The number of benzene rings is 2. The van der Waals surface area contributed by atoms with E-state index in [1.807, 2.05) is 32.8 Å². The quantitative estimate of drug-likeness (QED) is 0.600. The number of aromatic carboxylic acids is 1. The number of hydrogen-bond acceptors (Lipinski definition) is 5. The predicted octanol–water partition coefficient (Wildman–Crippen LogP) is 4.93. The molecule has 0 bridgehead atoms. The number of ether oxygens (including phenoxy) is 2. The van der Waals surface area contributed by atoms with Crippen molar-refractivity contribution in [2.24, 2.45) is 0 Å². The molecule has 0 aromatic heterocycles. The lowest BCUT2D eigenvalue weighted by Crippen LogP contribution is -2.04. The van der Waals surface area contributed by atoms with Gasteiger partial charge in [-0.1, -0.05) is 26.0 Å². The average Bonchev–Trinajstić information content (AvgIpc) is 2.70. The number of nitrogens with zero attached hydrogens (tertiary/aromatic N) is 1. The summed E-state index contributed by atoms with van der Waals surface area (Å²) in [6.07, 6.45) is 6.92. The van der Waals surface area contributed by atoms with Crippen molar-refractivity contribution in [1.29, 1.82) is 0 Å². The van der Waals surface area contributed by atoms with Crippen LogP contribution in [-0.4, -0.2) is 49.4 Å². The largest absolute Gasteiger partial charge is 0.507 e. The van der Waals surface area contributed by atoms with E-state index in [1.165, 1.54) is 7.11 Å². The minimum Gasteiger partial charge on any atom is -0.507 e. The van der Waals surface area contributed by atoms with Gasteiger partial charge in [-0.3, -0.25) is 0 Å². The maximum atomic E-state index is 11.8. The van der Waals surface area contributed by atoms with E-state index in [2.05, 4.69) is 0 Å². The van der Waals surface area contributed by atoms with Gasteiger partial charge in [0.2, 0.25) is 0 Å². The molecule has 2 rings (SSSR count). The zero-order chi connectivity index (χ0) is 22.4. The molecule has 6 heteroatoms. The van der Waals surface area contributed by atoms with Crippen LogP contribution >= 0.6 is 0 Å². The Kier molecular flexibility index (Phi) is 7.53. The second-order valence-electron chi connectivity index (χ2n) is 7.41. The van der Waals surface area contributed by atoms with Crippen molar-refractivity contribution in [1.82, 2.24) is 4.90 Å². The van der Waals surface area contributed by atoms with Gasteiger partial charge in [-0.05, 0) is 48.0 Å². The van der Waals surface area contributed by atoms with Crippen LogP contribution in [-0.2, 0) is 0 Å². The Balaban J connectivity index is 2.53. The minimum atomic E-state index is -1.03. The van der Waals surface area contributed by atoms with Gasteiger partial charge in [-0.2, -0.15) is 0 Å². The highest BCUT2D eigenvalue weighted by Crippen LogP contribution is 2.34. The highest BCUT2D eigenvalue weighted by molar-refractivity contribution is 5.94. The molecule has 2 aromatic carbocycles. The Hall–Kier alpha value is -3.41. The first kappa shape index (κ1) is 22.9. The molecule has 30 heavy (non-hydrogen) atoms. The molecule has 0 unspecified atom stereocenters. The fraction of sp³-hybridized carbons (Fsp3) is 0.292. The maximum Gasteiger partial charge on any atom is 0.336 e. The summed E-state index contributed by atoms with van der Waals surface area (Å²) in [5.74, 6) is 0.504. The SMILES string of the molecule is COc1cc(/C=C/N(C)C)c(C(=O)O)cc1/C=C/c1cc(OC)c(C(C)C)cc1O. The molecule has 0 fully saturated rings. The number of phenolic OH excluding ortho intramolecular Hbond substituents is 1. The highest BCUT2D eigenvalue weighted by atomic mass is 16.5. The summed E-state index contributed by atoms with van der Waals surface area (Å²) in [4.78, 5) is 13.6. The molecule has 0 amide bonds. The first-order valence-electron chi connectivity index (χ1n) is 9.56. The number of aromatic hydroxyl groups is 1. The van der Waals surface area contributed by atoms with Crippen molar-refractivity contribution in [2.45, 2.75) is 19.8 Å². The van der Waals surface area contributed by atoms with Crippen molar-refractivity contribution in [2.75, 3.05) is 28.3 Å². The second kappa shape index (κ2) is 9.87. The molecule has 6 nitrogen and oxygen atoms in total. The normalized spacial score (nSPS) is 11.4. The van der Waals surface area contributed by atoms with Crippen molar-refractivity contribution in [3.63, 3.8) is 0 Å². The number of rotatable bonds is 8. The van der Waals surface area contributed by atoms with Crippen molar-refractivity contribution in [3.8, 4) is 17.2 Å². The molecular formula is C24H29NO5. The molecule has 0 spiro atoms. The van der Waals surface area contributed by atoms with Crippen molar-refractivity contribution < 1.29 is 24.5 Å². The number of carbonyl (C=O) groups is 1. The van der Waals surface area contributed by atoms with Crippen LogP contribution in [0.4, 0.5) is 0 Å². The zero-order valence-electron chi connectivity index (χ0n) is 18.3. The predicted molar refractivity (Wildman–Crippen MR) is 120 cm³/mol. The van der Waals surface area contributed by atoms with Crippen LogP contribution in [0.25, 0.3) is 18.2 Å². The van der Waals surface area contributed by atoms with E-state index in [1.54, 1.807) is 55.8 Å². The van der Waals surface area contributed by atoms with Crippen molar-refractivity contribution >= 4 is 24.2 Å². The van der Waals surface area contributed by atoms with E-state index >= 15 is 0 Å². The Bertz CT molecular complexity index is 974. The fourth-order valence-electron chi connectivity index (χ4n) is 3.01. The Morgan fingerprint density at radius 1 is 0.933 bits per heavy atom. The van der Waals surface area contributed by atoms with Gasteiger partial charge in [0, 0.05) is 30.8 Å². The van der Waals surface area contributed by atoms with Gasteiger partial charge >= 0.3 is 5.97 Å². The molecule has 0 aliphatic rings. The van der Waals surface area contributed by atoms with Crippen LogP contribution in [0.5, 0.6) is 17.2 Å². The number of hydrogen-bond donors (Lipinski definition) is 2. The minimum absolute atomic E-state index is 0.124. The first-order valence-corrected chi connectivity index (χ1v) is 9.56. The van der Waals surface area contributed by atoms with Gasteiger partial charge in [-0.25, -0.2) is 4.79 Å². The molecule has 0 saturated carbocycles. The molecule has 0 heterocycles. The lowest BCUT2D eigenvalue weighted by atomic mass is 9.98. The molecule has 2 N–H and O–H groups in total. The number of carboxylic acids is 1. The second-order valence-corrected chi connectivity index (χ2v) is 7.41. The van der Waals surface area contributed by atoms with Crippen LogP contribution in [0, 0.1) is 0 Å². The van der Waals surface area contributed by atoms with Crippen LogP contribution in [0.1, 0.15) is 52.4 Å². The summed E-state index contributed by atoms with van der Waals surface area (Å²) in [5.41, 5.74) is 2.76. The number of phenols is 1. The topological polar surface area (TPSA) is 79.2 Å². The molecule has 0 aliphatic carbocycles. The van der Waals surface area contributed by atoms with E-state index in [0.717, 1.165) is 5.56 Å². The lowest BCUT2D eigenvalue weighted by Gasteiger charge is -2.14. The summed E-state index contributed by atoms with van der Waals surface area (Å²) in [7, 11) is 6.84. The highest BCUT2D eigenvalue weighted by Gasteiger charge is 2.14. The van der Waals surface area contributed by atoms with Gasteiger partial charge in [0.1, 0.15) is 17.2 Å². The monoisotopic (exact) mass is 411 g/mol. The average molecular weight is 411 g/mol. The fourth-order valence-corrected chi connectivity index (χ4v) is 3.01. The van der Waals surface area contributed by atoms with E-state index in [-0.39, 0.29) is 17.2 Å². The van der Waals surface area contributed by atoms with E-state index in [0.29, 0.717) is 28.2 Å². The standard InChI is InChI=1S/C24H29NO5/c1-15(2)19-14-21(26)17(13-23(19)30-6)7-8-18-11-20(24(27)28)16(9-10-25(3)4)12-22(18)29-5/h7-15,26H,1-6H3,(H,27,28)/b8-7+,10-9+. The zero-order valence-corrected chi connectivity index (χ0v) is 18.3. The molecule has 0 aliphatic heterocycles. The summed E-state index contributed by atoms with van der Waals surface area (Å²) >= 11 is 0. The van der Waals surface area contributed by atoms with Crippen LogP contribution in [0.2, 0.25) is 0 Å². The van der Waals surface area contributed by atoms with E-state index < -0.39 is 5.97 Å². The summed E-state index contributed by atoms with van der Waals surface area (Å²) < 4.78 is 10.9. The van der Waals surface area contributed by atoms with Gasteiger partial charge in [-0.15, -0.1) is 0 Å². The molecule has 0 radical (unpaired) electrons. The van der Waals surface area contributed by atoms with E-state index in [4.69, 9.17) is 9.47 Å². The third-order valence-corrected chi connectivity index (χ3v) is 4.63. The molecular weight excluding hydrogens is 382 g/mol. The van der Waals surface area contributed by atoms with Crippen LogP contribution < -0.4 is 9.47 Å². The Morgan fingerprint density at radius 2 is 1.53 bits per heavy atom. The lowest BCUT2D eigenvalue weighted by molar-refractivity contribution is 0.0696. The van der Waals surface area contributed by atoms with Gasteiger partial charge in [0.25, 0.3) is 0 Å². The van der Waals surface area contributed by atoms with Gasteiger partial charge < -0.3 is 24.6 Å². The molecule has 0 saturated heterocycles. The summed E-state index contributed by atoms with van der Waals surface area (Å²) in [6.45, 7) is 4.05. The van der Waals surface area contributed by atoms with Crippen molar-refractivity contribution in [3.05, 3.63) is 58.3 Å². The number of methoxy groups -OCH3 is 2.